The van der Waals surface area contributed by atoms with E-state index in [1.165, 1.54) is 43.4 Å². The van der Waals surface area contributed by atoms with E-state index in [-0.39, 0.29) is 24.2 Å². The number of rotatable bonds is 10. The number of ether oxygens (including phenoxy) is 1. The van der Waals surface area contributed by atoms with Gasteiger partial charge in [-0.3, -0.25) is 14.4 Å². The minimum absolute atomic E-state index is 0.00590. The largest absolute Gasteiger partial charge is 0.482 e. The van der Waals surface area contributed by atoms with Crippen LogP contribution in [0.25, 0.3) is 0 Å². The molecule has 0 spiro atoms. The van der Waals surface area contributed by atoms with Gasteiger partial charge in [0.2, 0.25) is 6.41 Å². The lowest BCUT2D eigenvalue weighted by molar-refractivity contribution is -0.119. The number of hydrogen-bond donors (Lipinski definition) is 3. The molecule has 0 saturated heterocycles. The number of carbonyl (C=O) groups excluding carboxylic acids is 5. The Kier molecular flexibility index (Phi) is 27.8. The standard InChI is InChI=1S/C20H20N2O3.C10H12N2O.C7H14O.C5H12.C3H6O.2C2H6/c1-13-2-4-14(5-3-13)11-22(16-7-8-16)20(24)15-6-9-17-18(10-15)25-12-19(23)21-17;13-7-12-10-2-1-9-6-11-4-3-8(9)5-10;1-3-4-5-6-7(2)8;1-5(2,3)4;1-3(2)4;2*1-2/h2-6,9-10,16H,7-8,11-12H2,1H3,(H,21,23);1-2,5,7,11H,3-4,6H2,(H,12,13);3-6H2,1-2H3;1-4H3;1-2H3;2*1-2H3. The number of fused-ring (bicyclic) bond motifs is 2. The summed E-state index contributed by atoms with van der Waals surface area (Å²) in [6.07, 6.45) is 8.10. The number of benzene rings is 3. The third kappa shape index (κ3) is 25.3. The molecule has 1 saturated carbocycles. The molecule has 1 aliphatic carbocycles. The molecule has 2 heterocycles. The van der Waals surface area contributed by atoms with Crippen LogP contribution in [-0.4, -0.2) is 53.9 Å². The highest BCUT2D eigenvalue weighted by Gasteiger charge is 2.33. The van der Waals surface area contributed by atoms with Gasteiger partial charge in [0.15, 0.2) is 6.61 Å². The van der Waals surface area contributed by atoms with Gasteiger partial charge in [-0.15, -0.1) is 0 Å². The number of aryl methyl sites for hydroxylation is 1. The molecule has 3 aromatic carbocycles. The zero-order chi connectivity index (χ0) is 45.0. The molecule has 59 heavy (non-hydrogen) atoms. The summed E-state index contributed by atoms with van der Waals surface area (Å²) in [5, 5.41) is 8.71. The van der Waals surface area contributed by atoms with Crippen LogP contribution in [0.2, 0.25) is 0 Å². The zero-order valence-electron chi connectivity index (χ0n) is 38.6. The van der Waals surface area contributed by atoms with Crippen molar-refractivity contribution >= 4 is 41.2 Å². The van der Waals surface area contributed by atoms with E-state index in [0.29, 0.717) is 47.2 Å². The van der Waals surface area contributed by atoms with E-state index in [4.69, 9.17) is 4.74 Å². The van der Waals surface area contributed by atoms with Crippen LogP contribution in [0.1, 0.15) is 154 Å². The fraction of sp³-hybridized carbons (Fsp3) is 0.531. The summed E-state index contributed by atoms with van der Waals surface area (Å²) < 4.78 is 5.43. The second-order valence-corrected chi connectivity index (χ2v) is 15.9. The van der Waals surface area contributed by atoms with Crippen LogP contribution < -0.4 is 20.7 Å². The van der Waals surface area contributed by atoms with Gasteiger partial charge >= 0.3 is 0 Å². The van der Waals surface area contributed by atoms with Gasteiger partial charge in [0.05, 0.1) is 5.69 Å². The van der Waals surface area contributed by atoms with Gasteiger partial charge in [-0.1, -0.05) is 111 Å². The van der Waals surface area contributed by atoms with E-state index in [2.05, 4.69) is 87.8 Å². The van der Waals surface area contributed by atoms with E-state index in [0.717, 1.165) is 56.4 Å². The Hall–Kier alpha value is -4.83. The fourth-order valence-corrected chi connectivity index (χ4v) is 5.28. The molecule has 3 aromatic rings. The summed E-state index contributed by atoms with van der Waals surface area (Å²) in [6.45, 7) is 28.2. The summed E-state index contributed by atoms with van der Waals surface area (Å²) in [7, 11) is 0. The first-order chi connectivity index (χ1) is 28.0. The molecule has 0 atom stereocenters. The minimum atomic E-state index is -0.175. The number of nitrogens with zero attached hydrogens (tertiary/aromatic N) is 1. The Balaban J connectivity index is 0.000000829. The number of unbranched alkanes of at least 4 members (excludes halogenated alkanes) is 2. The normalized spacial score (nSPS) is 12.9. The van der Waals surface area contributed by atoms with Crippen molar-refractivity contribution in [3.8, 4) is 5.75 Å². The van der Waals surface area contributed by atoms with Crippen molar-refractivity contribution in [2.24, 2.45) is 5.41 Å². The predicted molar refractivity (Wildman–Crippen MR) is 245 cm³/mol. The van der Waals surface area contributed by atoms with Gasteiger partial charge < -0.3 is 35.2 Å². The van der Waals surface area contributed by atoms with Crippen molar-refractivity contribution in [2.75, 3.05) is 23.8 Å². The lowest BCUT2D eigenvalue weighted by Gasteiger charge is -2.24. The molecular formula is C49H76N4O6. The van der Waals surface area contributed by atoms with Crippen molar-refractivity contribution in [1.82, 2.24) is 10.2 Å². The summed E-state index contributed by atoms with van der Waals surface area (Å²) in [5.74, 6) is 0.868. The first kappa shape index (κ1) is 54.2. The summed E-state index contributed by atoms with van der Waals surface area (Å²) in [5.41, 5.74) is 7.61. The second kappa shape index (κ2) is 30.2. The van der Waals surface area contributed by atoms with Crippen molar-refractivity contribution in [1.29, 1.82) is 0 Å². The number of nitrogens with one attached hydrogen (secondary N) is 3. The zero-order valence-corrected chi connectivity index (χ0v) is 38.6. The van der Waals surface area contributed by atoms with Crippen LogP contribution in [0.5, 0.6) is 5.75 Å². The molecule has 3 aliphatic rings. The average molecular weight is 817 g/mol. The Morgan fingerprint density at radius 3 is 2.03 bits per heavy atom. The van der Waals surface area contributed by atoms with E-state index in [1.54, 1.807) is 25.1 Å². The summed E-state index contributed by atoms with van der Waals surface area (Å²) in [4.78, 5) is 56.3. The molecule has 3 N–H and O–H groups in total. The molecule has 10 nitrogen and oxygen atoms in total. The maximum atomic E-state index is 13.0. The van der Waals surface area contributed by atoms with Gasteiger partial charge in [-0.2, -0.15) is 0 Å². The highest BCUT2D eigenvalue weighted by Crippen LogP contribution is 2.33. The quantitative estimate of drug-likeness (QED) is 0.137. The molecule has 0 bridgehead atoms. The predicted octanol–water partition coefficient (Wildman–Crippen LogP) is 10.9. The molecule has 3 amide bonds. The number of ketones is 2. The van der Waals surface area contributed by atoms with Crippen LogP contribution >= 0.6 is 0 Å². The van der Waals surface area contributed by atoms with Gasteiger partial charge in [0.1, 0.15) is 17.3 Å². The highest BCUT2D eigenvalue weighted by atomic mass is 16.5. The van der Waals surface area contributed by atoms with Gasteiger partial charge in [-0.05, 0) is 112 Å². The Labute approximate surface area is 356 Å². The molecule has 0 aromatic heterocycles. The fourth-order valence-electron chi connectivity index (χ4n) is 5.28. The maximum absolute atomic E-state index is 13.0. The first-order valence-corrected chi connectivity index (χ1v) is 21.4. The second-order valence-electron chi connectivity index (χ2n) is 15.9. The topological polar surface area (TPSA) is 134 Å². The molecule has 2 aliphatic heterocycles. The molecular weight excluding hydrogens is 741 g/mol. The van der Waals surface area contributed by atoms with Crippen molar-refractivity contribution in [3.63, 3.8) is 0 Å². The number of carbonyl (C=O) groups is 5. The lowest BCUT2D eigenvalue weighted by atomic mass is 10.0. The van der Waals surface area contributed by atoms with Crippen molar-refractivity contribution < 1.29 is 28.7 Å². The lowest BCUT2D eigenvalue weighted by Crippen LogP contribution is -2.33. The van der Waals surface area contributed by atoms with Crippen LogP contribution in [-0.2, 0) is 38.7 Å². The highest BCUT2D eigenvalue weighted by molar-refractivity contribution is 5.99. The Morgan fingerprint density at radius 1 is 0.881 bits per heavy atom. The number of anilines is 2. The van der Waals surface area contributed by atoms with Gasteiger partial charge in [0, 0.05) is 36.8 Å². The molecule has 328 valence electrons. The molecule has 6 rings (SSSR count). The van der Waals surface area contributed by atoms with E-state index >= 15 is 0 Å². The van der Waals surface area contributed by atoms with Crippen molar-refractivity contribution in [2.45, 2.75) is 154 Å². The van der Waals surface area contributed by atoms with Gasteiger partial charge in [0.25, 0.3) is 11.8 Å². The number of hydrogen-bond acceptors (Lipinski definition) is 7. The van der Waals surface area contributed by atoms with E-state index in [9.17, 15) is 24.0 Å². The summed E-state index contributed by atoms with van der Waals surface area (Å²) in [6, 6.07) is 19.8. The van der Waals surface area contributed by atoms with Crippen LogP contribution in [0.3, 0.4) is 0 Å². The van der Waals surface area contributed by atoms with Crippen LogP contribution in [0, 0.1) is 12.3 Å². The minimum Gasteiger partial charge on any atom is -0.482 e. The summed E-state index contributed by atoms with van der Waals surface area (Å²) >= 11 is 0. The molecule has 1 fully saturated rings. The number of amides is 3. The third-order valence-corrected chi connectivity index (χ3v) is 8.03. The van der Waals surface area contributed by atoms with Crippen LogP contribution in [0.15, 0.2) is 60.7 Å². The third-order valence-electron chi connectivity index (χ3n) is 8.03. The molecule has 10 heteroatoms. The van der Waals surface area contributed by atoms with Crippen molar-refractivity contribution in [3.05, 3.63) is 88.5 Å². The average Bonchev–Trinajstić information content (AvgIpc) is 4.04. The molecule has 0 radical (unpaired) electrons. The van der Waals surface area contributed by atoms with Crippen LogP contribution in [0.4, 0.5) is 11.4 Å². The Bertz CT molecular complexity index is 1680. The SMILES string of the molecule is CC.CC.CC(C)(C)C.CC(C)=O.CCCCCC(C)=O.Cc1ccc(CN(C(=O)c2ccc3c(c2)OCC(=O)N3)C2CC2)cc1.O=CNc1ccc2c(c1)CCNC2. The number of Topliss-reactive ketones (excluding diaryl/α,β-unsaturated/α-hetero) is 2. The van der Waals surface area contributed by atoms with Gasteiger partial charge in [-0.25, -0.2) is 0 Å². The first-order valence-electron chi connectivity index (χ1n) is 21.4. The smallest absolute Gasteiger partial charge is 0.262 e. The van der Waals surface area contributed by atoms with E-state index < -0.39 is 0 Å². The monoisotopic (exact) mass is 817 g/mol. The molecule has 0 unspecified atom stereocenters. The maximum Gasteiger partial charge on any atom is 0.262 e. The Morgan fingerprint density at radius 2 is 1.49 bits per heavy atom. The van der Waals surface area contributed by atoms with E-state index in [1.807, 2.05) is 44.7 Å².